The Morgan fingerprint density at radius 2 is 2.12 bits per heavy atom. The molecule has 128 valence electrons. The number of ether oxygens (including phenoxy) is 1. The molecule has 1 aliphatic rings. The summed E-state index contributed by atoms with van der Waals surface area (Å²) in [5.41, 5.74) is 0.0378. The van der Waals surface area contributed by atoms with Gasteiger partial charge in [0.25, 0.3) is 0 Å². The van der Waals surface area contributed by atoms with Crippen molar-refractivity contribution < 1.29 is 24.4 Å². The number of rotatable bonds is 4. The van der Waals surface area contributed by atoms with Gasteiger partial charge in [-0.3, -0.25) is 14.9 Å². The van der Waals surface area contributed by atoms with Crippen molar-refractivity contribution in [3.05, 3.63) is 33.9 Å². The number of hydrogen-bond acceptors (Lipinski definition) is 6. The molecule has 2 atom stereocenters. The van der Waals surface area contributed by atoms with E-state index in [-0.39, 0.29) is 11.8 Å². The van der Waals surface area contributed by atoms with E-state index in [1.54, 1.807) is 13.8 Å². The minimum Gasteiger partial charge on any atom is -0.502 e. The molecule has 0 saturated carbocycles. The SMILES string of the molecule is CC1=NC(=O)NC(c2ccc(O)c([N+](=O)[O-])c2)C1C(=O)OC(C)C. The number of aliphatic imine (C=N–C) groups is 1. The fourth-order valence-electron chi connectivity index (χ4n) is 2.49. The molecule has 1 aliphatic heterocycles. The van der Waals surface area contributed by atoms with Crippen molar-refractivity contribution in [3.8, 4) is 5.75 Å². The topological polar surface area (TPSA) is 131 Å². The Bertz CT molecular complexity index is 728. The molecule has 2 amide bonds. The third kappa shape index (κ3) is 3.50. The molecule has 2 N–H and O–H groups in total. The molecule has 0 aliphatic carbocycles. The van der Waals surface area contributed by atoms with E-state index in [4.69, 9.17) is 4.74 Å². The zero-order valence-corrected chi connectivity index (χ0v) is 13.3. The Morgan fingerprint density at radius 1 is 1.46 bits per heavy atom. The molecule has 2 rings (SSSR count). The number of carbonyl (C=O) groups is 2. The molecule has 1 aromatic rings. The van der Waals surface area contributed by atoms with E-state index in [1.165, 1.54) is 13.0 Å². The van der Waals surface area contributed by atoms with Gasteiger partial charge in [0.15, 0.2) is 5.75 Å². The second-order valence-corrected chi connectivity index (χ2v) is 5.65. The number of nitrogens with zero attached hydrogens (tertiary/aromatic N) is 2. The first kappa shape index (κ1) is 17.4. The number of benzene rings is 1. The lowest BCUT2D eigenvalue weighted by Crippen LogP contribution is -2.44. The van der Waals surface area contributed by atoms with Crippen molar-refractivity contribution in [3.63, 3.8) is 0 Å². The van der Waals surface area contributed by atoms with Gasteiger partial charge in [0.1, 0.15) is 5.92 Å². The number of esters is 1. The number of urea groups is 1. The number of nitro benzene ring substituents is 1. The summed E-state index contributed by atoms with van der Waals surface area (Å²) >= 11 is 0. The van der Waals surface area contributed by atoms with Crippen LogP contribution in [0.25, 0.3) is 0 Å². The third-order valence-corrected chi connectivity index (χ3v) is 3.50. The lowest BCUT2D eigenvalue weighted by atomic mass is 9.88. The maximum atomic E-state index is 12.4. The van der Waals surface area contributed by atoms with Crippen molar-refractivity contribution in [2.75, 3.05) is 0 Å². The van der Waals surface area contributed by atoms with Gasteiger partial charge in [-0.15, -0.1) is 0 Å². The molecule has 9 nitrogen and oxygen atoms in total. The third-order valence-electron chi connectivity index (χ3n) is 3.50. The van der Waals surface area contributed by atoms with Gasteiger partial charge < -0.3 is 15.2 Å². The Balaban J connectivity index is 2.47. The van der Waals surface area contributed by atoms with Crippen LogP contribution in [0.2, 0.25) is 0 Å². The number of nitro groups is 1. The molecule has 0 saturated heterocycles. The Kier molecular flexibility index (Phi) is 4.82. The van der Waals surface area contributed by atoms with E-state index in [1.807, 2.05) is 0 Å². The molecule has 0 fully saturated rings. The highest BCUT2D eigenvalue weighted by atomic mass is 16.6. The normalized spacial score (nSPS) is 20.3. The number of phenolic OH excluding ortho intramolecular Hbond substituents is 1. The first-order valence-corrected chi connectivity index (χ1v) is 7.24. The first-order valence-electron chi connectivity index (χ1n) is 7.24. The van der Waals surface area contributed by atoms with Crippen LogP contribution in [0, 0.1) is 16.0 Å². The number of hydrogen-bond donors (Lipinski definition) is 2. The Morgan fingerprint density at radius 3 is 2.71 bits per heavy atom. The quantitative estimate of drug-likeness (QED) is 0.492. The molecular weight excluding hydrogens is 318 g/mol. The van der Waals surface area contributed by atoms with E-state index in [0.29, 0.717) is 5.56 Å². The second-order valence-electron chi connectivity index (χ2n) is 5.65. The summed E-state index contributed by atoms with van der Waals surface area (Å²) in [6, 6.07) is 2.14. The van der Waals surface area contributed by atoms with Gasteiger partial charge in [-0.2, -0.15) is 0 Å². The van der Waals surface area contributed by atoms with E-state index in [9.17, 15) is 24.8 Å². The standard InChI is InChI=1S/C15H17N3O6/c1-7(2)24-14(20)12-8(3)16-15(21)17-13(12)9-4-5-11(19)10(6-9)18(22)23/h4-7,12-13,19H,1-3H3,(H,17,21). The molecule has 0 bridgehead atoms. The van der Waals surface area contributed by atoms with Gasteiger partial charge in [-0.25, -0.2) is 9.79 Å². The van der Waals surface area contributed by atoms with Crippen molar-refractivity contribution >= 4 is 23.4 Å². The van der Waals surface area contributed by atoms with Gasteiger partial charge >= 0.3 is 17.7 Å². The van der Waals surface area contributed by atoms with Crippen LogP contribution < -0.4 is 5.32 Å². The van der Waals surface area contributed by atoms with Crippen molar-refractivity contribution in [1.82, 2.24) is 5.32 Å². The minimum absolute atomic E-state index is 0.255. The van der Waals surface area contributed by atoms with Crippen molar-refractivity contribution in [2.45, 2.75) is 32.9 Å². The molecule has 1 heterocycles. The summed E-state index contributed by atoms with van der Waals surface area (Å²) in [7, 11) is 0. The maximum absolute atomic E-state index is 12.4. The summed E-state index contributed by atoms with van der Waals surface area (Å²) < 4.78 is 5.19. The van der Waals surface area contributed by atoms with Crippen LogP contribution in [0.4, 0.5) is 10.5 Å². The van der Waals surface area contributed by atoms with Crippen molar-refractivity contribution in [2.24, 2.45) is 10.9 Å². The number of carbonyl (C=O) groups excluding carboxylic acids is 2. The molecule has 0 aromatic heterocycles. The summed E-state index contributed by atoms with van der Waals surface area (Å²) in [6.45, 7) is 4.89. The highest BCUT2D eigenvalue weighted by molar-refractivity contribution is 6.08. The number of phenols is 1. The molecule has 24 heavy (non-hydrogen) atoms. The zero-order valence-electron chi connectivity index (χ0n) is 13.3. The lowest BCUT2D eigenvalue weighted by molar-refractivity contribution is -0.385. The molecule has 2 unspecified atom stereocenters. The van der Waals surface area contributed by atoms with Crippen LogP contribution in [-0.2, 0) is 9.53 Å². The largest absolute Gasteiger partial charge is 0.502 e. The first-order chi connectivity index (χ1) is 11.2. The molecule has 0 spiro atoms. The van der Waals surface area contributed by atoms with E-state index < -0.39 is 40.3 Å². The lowest BCUT2D eigenvalue weighted by Gasteiger charge is -2.30. The second kappa shape index (κ2) is 6.65. The van der Waals surface area contributed by atoms with E-state index in [0.717, 1.165) is 12.1 Å². The maximum Gasteiger partial charge on any atom is 0.341 e. The van der Waals surface area contributed by atoms with Gasteiger partial charge in [0, 0.05) is 11.8 Å². The summed E-state index contributed by atoms with van der Waals surface area (Å²) in [4.78, 5) is 38.0. The summed E-state index contributed by atoms with van der Waals surface area (Å²) in [5.74, 6) is -2.00. The molecule has 1 aromatic carbocycles. The number of amides is 2. The van der Waals surface area contributed by atoms with Crippen LogP contribution in [0.3, 0.4) is 0 Å². The highest BCUT2D eigenvalue weighted by Crippen LogP contribution is 2.34. The summed E-state index contributed by atoms with van der Waals surface area (Å²) in [6.07, 6.45) is -0.363. The average molecular weight is 335 g/mol. The van der Waals surface area contributed by atoms with Crippen LogP contribution in [0.1, 0.15) is 32.4 Å². The van der Waals surface area contributed by atoms with Gasteiger partial charge in [0.05, 0.1) is 17.1 Å². The van der Waals surface area contributed by atoms with E-state index >= 15 is 0 Å². The average Bonchev–Trinajstić information content (AvgIpc) is 2.45. The van der Waals surface area contributed by atoms with E-state index in [2.05, 4.69) is 10.3 Å². The van der Waals surface area contributed by atoms with Crippen LogP contribution in [0.5, 0.6) is 5.75 Å². The minimum atomic E-state index is -0.908. The Labute approximate surface area is 137 Å². The monoisotopic (exact) mass is 335 g/mol. The molecule has 9 heteroatoms. The fraction of sp³-hybridized carbons (Fsp3) is 0.400. The zero-order chi connectivity index (χ0) is 18.0. The molecular formula is C15H17N3O6. The van der Waals surface area contributed by atoms with Crippen LogP contribution in [-0.4, -0.2) is 33.8 Å². The smallest absolute Gasteiger partial charge is 0.341 e. The van der Waals surface area contributed by atoms with Crippen molar-refractivity contribution in [1.29, 1.82) is 0 Å². The predicted octanol–water partition coefficient (Wildman–Crippen LogP) is 2.09. The van der Waals surface area contributed by atoms with Gasteiger partial charge in [-0.1, -0.05) is 6.07 Å². The highest BCUT2D eigenvalue weighted by Gasteiger charge is 2.39. The van der Waals surface area contributed by atoms with Gasteiger partial charge in [-0.05, 0) is 32.4 Å². The predicted molar refractivity (Wildman–Crippen MR) is 83.9 cm³/mol. The van der Waals surface area contributed by atoms with Crippen LogP contribution in [0.15, 0.2) is 23.2 Å². The molecule has 0 radical (unpaired) electrons. The number of aromatic hydroxyl groups is 1. The Hall–Kier alpha value is -2.97. The van der Waals surface area contributed by atoms with Crippen LogP contribution >= 0.6 is 0 Å². The summed E-state index contributed by atoms with van der Waals surface area (Å²) in [5, 5.41) is 23.1. The number of nitrogens with one attached hydrogen (secondary N) is 1. The van der Waals surface area contributed by atoms with Gasteiger partial charge in [0.2, 0.25) is 0 Å². The fourth-order valence-corrected chi connectivity index (χ4v) is 2.49.